The molecule has 0 radical (unpaired) electrons. The first-order valence-electron chi connectivity index (χ1n) is 20.4. The highest BCUT2D eigenvalue weighted by Crippen LogP contribution is 2.42. The summed E-state index contributed by atoms with van der Waals surface area (Å²) >= 11 is 0. The summed E-state index contributed by atoms with van der Waals surface area (Å²) in [5, 5.41) is 8.75. The summed E-state index contributed by atoms with van der Waals surface area (Å²) in [6.07, 6.45) is 0. The van der Waals surface area contributed by atoms with Gasteiger partial charge in [-0.1, -0.05) is 140 Å². The minimum absolute atomic E-state index is 0.517. The fraction of sp³-hybridized carbons (Fsp3) is 0. The van der Waals surface area contributed by atoms with Gasteiger partial charge in [0.1, 0.15) is 22.3 Å². The van der Waals surface area contributed by atoms with E-state index in [1.165, 1.54) is 16.3 Å². The molecule has 4 aromatic heterocycles. The minimum atomic E-state index is 0.517. The number of furan rings is 2. The Hall–Kier alpha value is -8.35. The van der Waals surface area contributed by atoms with Gasteiger partial charge >= 0.3 is 0 Å². The molecule has 0 amide bonds. The molecule has 284 valence electrons. The van der Waals surface area contributed by atoms with Crippen molar-refractivity contribution in [3.8, 4) is 51.0 Å². The largest absolute Gasteiger partial charge is 0.455 e. The van der Waals surface area contributed by atoms with Gasteiger partial charge in [-0.05, 0) is 70.9 Å². The van der Waals surface area contributed by atoms with E-state index in [2.05, 4.69) is 162 Å². The van der Waals surface area contributed by atoms with Crippen molar-refractivity contribution in [3.05, 3.63) is 194 Å². The predicted molar refractivity (Wildman–Crippen MR) is 248 cm³/mol. The van der Waals surface area contributed by atoms with E-state index in [9.17, 15) is 0 Å². The van der Waals surface area contributed by atoms with Gasteiger partial charge in [0.25, 0.3) is 0 Å². The molecular weight excluding hydrogens is 749 g/mol. The van der Waals surface area contributed by atoms with Crippen LogP contribution in [0.3, 0.4) is 0 Å². The zero-order valence-electron chi connectivity index (χ0n) is 32.6. The van der Waals surface area contributed by atoms with Gasteiger partial charge in [-0.3, -0.25) is 0 Å². The normalized spacial score (nSPS) is 11.9. The zero-order chi connectivity index (χ0) is 40.0. The Morgan fingerprint density at radius 2 is 0.918 bits per heavy atom. The average Bonchev–Trinajstić information content (AvgIpc) is 4.01. The van der Waals surface area contributed by atoms with Crippen LogP contribution >= 0.6 is 0 Å². The van der Waals surface area contributed by atoms with E-state index in [1.54, 1.807) is 0 Å². The third-order valence-electron chi connectivity index (χ3n) is 12.0. The van der Waals surface area contributed by atoms with Crippen molar-refractivity contribution in [2.75, 3.05) is 0 Å². The van der Waals surface area contributed by atoms with Gasteiger partial charge in [0.15, 0.2) is 17.5 Å². The van der Waals surface area contributed by atoms with Crippen molar-refractivity contribution >= 4 is 76.5 Å². The van der Waals surface area contributed by atoms with Crippen molar-refractivity contribution < 1.29 is 8.83 Å². The van der Waals surface area contributed by atoms with E-state index >= 15 is 0 Å². The summed E-state index contributed by atoms with van der Waals surface area (Å²) in [5.41, 5.74) is 11.2. The molecule has 0 unspecified atom stereocenters. The number of hydrogen-bond donors (Lipinski definition) is 0. The fourth-order valence-electron chi connectivity index (χ4n) is 9.24. The van der Waals surface area contributed by atoms with Gasteiger partial charge in [0, 0.05) is 49.1 Å². The molecule has 0 saturated heterocycles. The summed E-state index contributed by atoms with van der Waals surface area (Å²) < 4.78 is 15.8. The maximum atomic E-state index is 6.92. The summed E-state index contributed by atoms with van der Waals surface area (Å²) in [7, 11) is 0. The van der Waals surface area contributed by atoms with E-state index < -0.39 is 0 Å². The van der Waals surface area contributed by atoms with E-state index in [1.807, 2.05) is 36.4 Å². The number of aromatic nitrogens is 4. The second kappa shape index (κ2) is 13.1. The quantitative estimate of drug-likeness (QED) is 0.174. The van der Waals surface area contributed by atoms with Crippen LogP contribution in [0.15, 0.2) is 203 Å². The third kappa shape index (κ3) is 5.19. The van der Waals surface area contributed by atoms with Gasteiger partial charge in [0.05, 0.1) is 22.2 Å². The molecule has 61 heavy (non-hydrogen) atoms. The minimum Gasteiger partial charge on any atom is -0.455 e. The molecular formula is C55H32N4O2. The molecule has 6 nitrogen and oxygen atoms in total. The van der Waals surface area contributed by atoms with Gasteiger partial charge in [-0.25, -0.2) is 15.0 Å². The molecule has 13 rings (SSSR count). The Labute approximate surface area is 348 Å². The third-order valence-corrected chi connectivity index (χ3v) is 12.0. The van der Waals surface area contributed by atoms with Crippen LogP contribution in [0.5, 0.6) is 0 Å². The lowest BCUT2D eigenvalue weighted by Crippen LogP contribution is -2.00. The van der Waals surface area contributed by atoms with E-state index in [-0.39, 0.29) is 0 Å². The van der Waals surface area contributed by atoms with Crippen molar-refractivity contribution in [1.82, 2.24) is 19.5 Å². The monoisotopic (exact) mass is 780 g/mol. The smallest absolute Gasteiger partial charge is 0.167 e. The second-order valence-electron chi connectivity index (χ2n) is 15.5. The Morgan fingerprint density at radius 3 is 1.70 bits per heavy atom. The van der Waals surface area contributed by atoms with Crippen molar-refractivity contribution in [1.29, 1.82) is 0 Å². The van der Waals surface area contributed by atoms with Crippen LogP contribution in [-0.4, -0.2) is 19.5 Å². The maximum Gasteiger partial charge on any atom is 0.167 e. The second-order valence-corrected chi connectivity index (χ2v) is 15.5. The molecule has 13 aromatic rings. The number of nitrogens with zero attached hydrogens (tertiary/aromatic N) is 4. The number of para-hydroxylation sites is 6. The lowest BCUT2D eigenvalue weighted by atomic mass is 10.00. The van der Waals surface area contributed by atoms with Crippen LogP contribution < -0.4 is 0 Å². The number of benzene rings is 9. The van der Waals surface area contributed by atoms with E-state index in [0.717, 1.165) is 93.7 Å². The van der Waals surface area contributed by atoms with Crippen LogP contribution in [0.1, 0.15) is 0 Å². The summed E-state index contributed by atoms with van der Waals surface area (Å²) in [4.78, 5) is 15.6. The molecule has 0 aliphatic rings. The molecule has 0 saturated carbocycles. The molecule has 0 bridgehead atoms. The summed E-state index contributed by atoms with van der Waals surface area (Å²) in [6, 6.07) is 67.5. The highest BCUT2D eigenvalue weighted by Gasteiger charge is 2.22. The molecule has 0 fully saturated rings. The fourth-order valence-corrected chi connectivity index (χ4v) is 9.24. The first kappa shape index (κ1) is 33.6. The molecule has 4 heterocycles. The van der Waals surface area contributed by atoms with E-state index in [4.69, 9.17) is 23.8 Å². The Kier molecular flexibility index (Phi) is 7.21. The predicted octanol–water partition coefficient (Wildman–Crippen LogP) is 14.6. The SMILES string of the molecule is c1ccc(-n2c3ccccc3c3cccc(-c4ccc5c(c4)oc4c(-c6nc(-c7ccc8ccccc8c7)nc(-c7cccc8c7oc7ccccc78)n6)cccc45)c32)cc1. The van der Waals surface area contributed by atoms with Gasteiger partial charge in [0.2, 0.25) is 0 Å². The standard InChI is InChI=1S/C55H32N4O2/c1-2-15-37(16-3-1)59-47-25-8-6-17-39(47)42-20-10-19-38(50(42)59)35-29-30-41-44-22-12-24-46(52(44)61-49(41)32-35)55-57-53(36-28-27-33-13-4-5-14-34(33)31-36)56-54(58-55)45-23-11-21-43-40-18-7-9-26-48(40)60-51(43)45/h1-32H. The molecule has 9 aromatic carbocycles. The van der Waals surface area contributed by atoms with Crippen LogP contribution in [-0.2, 0) is 0 Å². The molecule has 0 spiro atoms. The van der Waals surface area contributed by atoms with Gasteiger partial charge in [-0.2, -0.15) is 0 Å². The Balaban J connectivity index is 1.02. The molecule has 6 heteroatoms. The highest BCUT2D eigenvalue weighted by atomic mass is 16.3. The first-order chi connectivity index (χ1) is 30.2. The van der Waals surface area contributed by atoms with Crippen LogP contribution in [0.2, 0.25) is 0 Å². The zero-order valence-corrected chi connectivity index (χ0v) is 32.6. The van der Waals surface area contributed by atoms with Crippen molar-refractivity contribution in [2.24, 2.45) is 0 Å². The van der Waals surface area contributed by atoms with Crippen LogP contribution in [0.25, 0.3) is 127 Å². The van der Waals surface area contributed by atoms with Crippen LogP contribution in [0.4, 0.5) is 0 Å². The lowest BCUT2D eigenvalue weighted by Gasteiger charge is -2.11. The molecule has 0 aliphatic carbocycles. The molecule has 0 atom stereocenters. The number of rotatable bonds is 5. The molecule has 0 aliphatic heterocycles. The van der Waals surface area contributed by atoms with Gasteiger partial charge < -0.3 is 13.4 Å². The summed E-state index contributed by atoms with van der Waals surface area (Å²) in [6.45, 7) is 0. The number of hydrogen-bond acceptors (Lipinski definition) is 5. The van der Waals surface area contributed by atoms with Crippen LogP contribution in [0, 0.1) is 0 Å². The van der Waals surface area contributed by atoms with Crippen molar-refractivity contribution in [3.63, 3.8) is 0 Å². The average molecular weight is 781 g/mol. The van der Waals surface area contributed by atoms with E-state index in [0.29, 0.717) is 17.5 Å². The summed E-state index contributed by atoms with van der Waals surface area (Å²) in [5.74, 6) is 1.61. The lowest BCUT2D eigenvalue weighted by molar-refractivity contribution is 0.669. The maximum absolute atomic E-state index is 6.92. The number of fused-ring (bicyclic) bond motifs is 10. The van der Waals surface area contributed by atoms with Crippen molar-refractivity contribution in [2.45, 2.75) is 0 Å². The van der Waals surface area contributed by atoms with Gasteiger partial charge in [-0.15, -0.1) is 0 Å². The Bertz CT molecular complexity index is 3900. The highest BCUT2D eigenvalue weighted by molar-refractivity contribution is 6.15. The Morgan fingerprint density at radius 1 is 0.344 bits per heavy atom. The first-order valence-corrected chi connectivity index (χ1v) is 20.4. The molecule has 0 N–H and O–H groups in total. The topological polar surface area (TPSA) is 69.9 Å².